The van der Waals surface area contributed by atoms with Crippen molar-refractivity contribution in [3.05, 3.63) is 0 Å². The topological polar surface area (TPSA) is 18.5 Å². The molecule has 1 saturated heterocycles. The van der Waals surface area contributed by atoms with Crippen LogP contribution >= 0.6 is 0 Å². The Morgan fingerprint density at radius 1 is 1.15 bits per heavy atom. The summed E-state index contributed by atoms with van der Waals surface area (Å²) >= 11 is 0. The summed E-state index contributed by atoms with van der Waals surface area (Å²) in [5.41, 5.74) is 0.583. The van der Waals surface area contributed by atoms with Crippen molar-refractivity contribution in [2.24, 2.45) is 5.41 Å². The third-order valence-electron chi connectivity index (χ3n) is 5.44. The van der Waals surface area contributed by atoms with Gasteiger partial charge < -0.3 is 15.1 Å². The van der Waals surface area contributed by atoms with Crippen LogP contribution in [-0.4, -0.2) is 62.7 Å². The minimum absolute atomic E-state index is 0.583. The van der Waals surface area contributed by atoms with Crippen molar-refractivity contribution in [1.82, 2.24) is 15.1 Å². The number of nitrogens with zero attached hydrogens (tertiary/aromatic N) is 2. The third-order valence-corrected chi connectivity index (χ3v) is 5.44. The molecule has 3 nitrogen and oxygen atoms in total. The van der Waals surface area contributed by atoms with Gasteiger partial charge in [0.2, 0.25) is 0 Å². The minimum atomic E-state index is 0.583. The minimum Gasteiger partial charge on any atom is -0.316 e. The summed E-state index contributed by atoms with van der Waals surface area (Å²) in [5.74, 6) is 0. The van der Waals surface area contributed by atoms with Crippen molar-refractivity contribution < 1.29 is 0 Å². The van der Waals surface area contributed by atoms with Gasteiger partial charge in [0.25, 0.3) is 0 Å². The lowest BCUT2D eigenvalue weighted by Crippen LogP contribution is -2.48. The molecule has 1 heterocycles. The number of rotatable bonds is 7. The maximum absolute atomic E-state index is 3.70. The Labute approximate surface area is 126 Å². The van der Waals surface area contributed by atoms with E-state index in [9.17, 15) is 0 Å². The summed E-state index contributed by atoms with van der Waals surface area (Å²) in [5, 5.41) is 3.70. The first-order valence-electron chi connectivity index (χ1n) is 8.75. The molecule has 0 aromatic heterocycles. The van der Waals surface area contributed by atoms with Crippen molar-refractivity contribution in [2.75, 3.05) is 46.8 Å². The number of piperidine rings is 1. The normalized spacial score (nSPS) is 24.6. The molecule has 1 saturated carbocycles. The first-order valence-corrected chi connectivity index (χ1v) is 8.75. The Hall–Kier alpha value is -0.120. The van der Waals surface area contributed by atoms with Crippen LogP contribution in [0.4, 0.5) is 0 Å². The molecular formula is C17H35N3. The molecule has 1 aliphatic carbocycles. The Morgan fingerprint density at radius 3 is 2.35 bits per heavy atom. The lowest BCUT2D eigenvalue weighted by molar-refractivity contribution is 0.0947. The van der Waals surface area contributed by atoms with E-state index < -0.39 is 0 Å². The van der Waals surface area contributed by atoms with E-state index in [1.807, 2.05) is 0 Å². The second-order valence-corrected chi connectivity index (χ2v) is 7.35. The fourth-order valence-electron chi connectivity index (χ4n) is 4.11. The zero-order chi connectivity index (χ0) is 14.4. The van der Waals surface area contributed by atoms with Gasteiger partial charge in [-0.3, -0.25) is 0 Å². The van der Waals surface area contributed by atoms with Crippen molar-refractivity contribution >= 4 is 0 Å². The van der Waals surface area contributed by atoms with Gasteiger partial charge >= 0.3 is 0 Å². The summed E-state index contributed by atoms with van der Waals surface area (Å²) in [6, 6.07) is 0.809. The van der Waals surface area contributed by atoms with Crippen LogP contribution in [-0.2, 0) is 0 Å². The average Bonchev–Trinajstić information content (AvgIpc) is 2.88. The van der Waals surface area contributed by atoms with E-state index in [0.29, 0.717) is 5.41 Å². The molecule has 1 N–H and O–H groups in total. The number of nitrogens with one attached hydrogen (secondary N) is 1. The van der Waals surface area contributed by atoms with Gasteiger partial charge in [0.1, 0.15) is 0 Å². The molecule has 0 atom stereocenters. The molecule has 0 bridgehead atoms. The Morgan fingerprint density at radius 2 is 1.80 bits per heavy atom. The van der Waals surface area contributed by atoms with Crippen LogP contribution < -0.4 is 5.32 Å². The Balaban J connectivity index is 1.80. The van der Waals surface area contributed by atoms with Gasteiger partial charge in [0.05, 0.1) is 0 Å². The van der Waals surface area contributed by atoms with Crippen molar-refractivity contribution in [1.29, 1.82) is 0 Å². The molecule has 118 valence electrons. The van der Waals surface area contributed by atoms with Crippen molar-refractivity contribution in [3.63, 3.8) is 0 Å². The molecule has 0 aromatic carbocycles. The maximum Gasteiger partial charge on any atom is 0.0113 e. The maximum atomic E-state index is 3.70. The molecule has 0 radical (unpaired) electrons. The van der Waals surface area contributed by atoms with Gasteiger partial charge in [-0.2, -0.15) is 0 Å². The number of likely N-dealkylation sites (tertiary alicyclic amines) is 1. The molecule has 2 fully saturated rings. The van der Waals surface area contributed by atoms with Crippen LogP contribution in [0.25, 0.3) is 0 Å². The van der Waals surface area contributed by atoms with Crippen molar-refractivity contribution in [2.45, 2.75) is 57.9 Å². The predicted molar refractivity (Wildman–Crippen MR) is 87.2 cm³/mol. The highest BCUT2D eigenvalue weighted by Gasteiger charge is 2.36. The summed E-state index contributed by atoms with van der Waals surface area (Å²) in [7, 11) is 4.46. The lowest BCUT2D eigenvalue weighted by atomic mass is 9.84. The van der Waals surface area contributed by atoms with Crippen LogP contribution in [0.3, 0.4) is 0 Å². The first-order chi connectivity index (χ1) is 9.65. The standard InChI is InChI=1S/C17H35N3/c1-4-11-18-14-17(9-5-6-10-17)15-20-12-7-16(8-13-20)19(2)3/h16,18H,4-15H2,1-3H3. The number of hydrogen-bond donors (Lipinski definition) is 1. The van der Waals surface area contributed by atoms with Gasteiger partial charge in [0, 0.05) is 19.1 Å². The van der Waals surface area contributed by atoms with Gasteiger partial charge in [0.15, 0.2) is 0 Å². The Kier molecular flexibility index (Phi) is 6.31. The molecule has 3 heteroatoms. The molecule has 2 rings (SSSR count). The van der Waals surface area contributed by atoms with Crippen molar-refractivity contribution in [3.8, 4) is 0 Å². The average molecular weight is 281 g/mol. The summed E-state index contributed by atoms with van der Waals surface area (Å²) in [6.45, 7) is 8.64. The molecule has 0 unspecified atom stereocenters. The number of hydrogen-bond acceptors (Lipinski definition) is 3. The largest absolute Gasteiger partial charge is 0.316 e. The zero-order valence-electron chi connectivity index (χ0n) is 14.0. The Bertz CT molecular complexity index is 263. The predicted octanol–water partition coefficient (Wildman–Crippen LogP) is 2.57. The fraction of sp³-hybridized carbons (Fsp3) is 1.00. The lowest BCUT2D eigenvalue weighted by Gasteiger charge is -2.40. The molecule has 0 amide bonds. The first kappa shape index (κ1) is 16.3. The molecule has 20 heavy (non-hydrogen) atoms. The van der Waals surface area contributed by atoms with Gasteiger partial charge in [-0.1, -0.05) is 19.8 Å². The van der Waals surface area contributed by atoms with Gasteiger partial charge in [-0.25, -0.2) is 0 Å². The van der Waals surface area contributed by atoms with Crippen LogP contribution in [0.2, 0.25) is 0 Å². The third kappa shape index (κ3) is 4.44. The summed E-state index contributed by atoms with van der Waals surface area (Å²) < 4.78 is 0. The summed E-state index contributed by atoms with van der Waals surface area (Å²) in [6.07, 6.45) is 9.74. The van der Waals surface area contributed by atoms with E-state index >= 15 is 0 Å². The second-order valence-electron chi connectivity index (χ2n) is 7.35. The summed E-state index contributed by atoms with van der Waals surface area (Å²) in [4.78, 5) is 5.16. The van der Waals surface area contributed by atoms with Gasteiger partial charge in [-0.15, -0.1) is 0 Å². The zero-order valence-corrected chi connectivity index (χ0v) is 14.0. The monoisotopic (exact) mass is 281 g/mol. The quantitative estimate of drug-likeness (QED) is 0.724. The van der Waals surface area contributed by atoms with E-state index in [-0.39, 0.29) is 0 Å². The van der Waals surface area contributed by atoms with E-state index in [1.165, 1.54) is 77.7 Å². The van der Waals surface area contributed by atoms with E-state index in [1.54, 1.807) is 0 Å². The molecule has 1 aliphatic heterocycles. The smallest absolute Gasteiger partial charge is 0.0113 e. The second kappa shape index (κ2) is 7.77. The molecule has 0 spiro atoms. The fourth-order valence-corrected chi connectivity index (χ4v) is 4.11. The highest BCUT2D eigenvalue weighted by Crippen LogP contribution is 2.38. The molecular weight excluding hydrogens is 246 g/mol. The van der Waals surface area contributed by atoms with Crippen LogP contribution in [0, 0.1) is 5.41 Å². The molecule has 0 aromatic rings. The van der Waals surface area contributed by atoms with Crippen LogP contribution in [0.1, 0.15) is 51.9 Å². The highest BCUT2D eigenvalue weighted by atomic mass is 15.2. The van der Waals surface area contributed by atoms with Gasteiger partial charge in [-0.05, 0) is 71.2 Å². The SMILES string of the molecule is CCCNCC1(CN2CCC(N(C)C)CC2)CCCC1. The van der Waals surface area contributed by atoms with E-state index in [0.717, 1.165) is 6.04 Å². The highest BCUT2D eigenvalue weighted by molar-refractivity contribution is 4.91. The van der Waals surface area contributed by atoms with E-state index in [4.69, 9.17) is 0 Å². The molecule has 2 aliphatic rings. The van der Waals surface area contributed by atoms with E-state index in [2.05, 4.69) is 36.1 Å². The van der Waals surface area contributed by atoms with Crippen LogP contribution in [0.15, 0.2) is 0 Å². The van der Waals surface area contributed by atoms with Crippen LogP contribution in [0.5, 0.6) is 0 Å².